The minimum absolute atomic E-state index is 0.0559. The molecule has 0 bridgehead atoms. The van der Waals surface area contributed by atoms with Crippen LogP contribution in [0.4, 0.5) is 0 Å². The molecule has 142 valence electrons. The molecule has 1 atom stereocenters. The molecule has 0 saturated carbocycles. The average molecular weight is 369 g/mol. The maximum absolute atomic E-state index is 13.1. The number of hydrogen-bond donors (Lipinski definition) is 1. The van der Waals surface area contributed by atoms with Crippen molar-refractivity contribution in [3.63, 3.8) is 0 Å². The van der Waals surface area contributed by atoms with Gasteiger partial charge in [-0.3, -0.25) is 4.79 Å². The van der Waals surface area contributed by atoms with Crippen LogP contribution in [0.1, 0.15) is 40.2 Å². The van der Waals surface area contributed by atoms with Crippen LogP contribution in [0.5, 0.6) is 0 Å². The van der Waals surface area contributed by atoms with Crippen LogP contribution in [-0.4, -0.2) is 57.5 Å². The molecule has 1 unspecified atom stereocenters. The Bertz CT molecular complexity index is 872. The minimum atomic E-state index is -1.04. The Morgan fingerprint density at radius 2 is 1.93 bits per heavy atom. The molecule has 1 aliphatic carbocycles. The molecule has 1 amide bonds. The average Bonchev–Trinajstić information content (AvgIpc) is 3.08. The van der Waals surface area contributed by atoms with Crippen LogP contribution in [0.2, 0.25) is 0 Å². The van der Waals surface area contributed by atoms with Gasteiger partial charge in [0.1, 0.15) is 0 Å². The second-order valence-corrected chi connectivity index (χ2v) is 7.18. The first-order valence-corrected chi connectivity index (χ1v) is 9.36. The van der Waals surface area contributed by atoms with Crippen LogP contribution in [0, 0.1) is 6.92 Å². The molecular formula is C20H23N3O4. The fourth-order valence-electron chi connectivity index (χ4n) is 3.80. The lowest BCUT2D eigenvalue weighted by Gasteiger charge is -2.30. The van der Waals surface area contributed by atoms with Crippen LogP contribution in [0.15, 0.2) is 24.3 Å². The monoisotopic (exact) mass is 369 g/mol. The quantitative estimate of drug-likeness (QED) is 0.894. The second-order valence-electron chi connectivity index (χ2n) is 7.18. The van der Waals surface area contributed by atoms with E-state index < -0.39 is 12.1 Å². The summed E-state index contributed by atoms with van der Waals surface area (Å²) in [5.74, 6) is -1.24. The Hall–Kier alpha value is -2.67. The second kappa shape index (κ2) is 7.15. The predicted molar refractivity (Wildman–Crippen MR) is 98.2 cm³/mol. The number of benzene rings is 1. The van der Waals surface area contributed by atoms with E-state index >= 15 is 0 Å². The zero-order chi connectivity index (χ0) is 19.0. The number of carbonyl (C=O) groups is 2. The molecule has 27 heavy (non-hydrogen) atoms. The van der Waals surface area contributed by atoms with Crippen molar-refractivity contribution in [1.82, 2.24) is 14.7 Å². The number of aliphatic carboxylic acids is 1. The number of hydrogen-bond acceptors (Lipinski definition) is 4. The van der Waals surface area contributed by atoms with Gasteiger partial charge in [0.25, 0.3) is 5.91 Å². The minimum Gasteiger partial charge on any atom is -0.479 e. The Morgan fingerprint density at radius 1 is 1.19 bits per heavy atom. The lowest BCUT2D eigenvalue weighted by Crippen LogP contribution is -2.48. The summed E-state index contributed by atoms with van der Waals surface area (Å²) in [5, 5.41) is 13.9. The van der Waals surface area contributed by atoms with Crippen molar-refractivity contribution >= 4 is 11.9 Å². The van der Waals surface area contributed by atoms with Gasteiger partial charge in [-0.05, 0) is 44.7 Å². The Balaban J connectivity index is 1.69. The van der Waals surface area contributed by atoms with Crippen molar-refractivity contribution in [3.8, 4) is 5.69 Å². The van der Waals surface area contributed by atoms with E-state index in [1.54, 1.807) is 4.90 Å². The highest BCUT2D eigenvalue weighted by atomic mass is 16.5. The number of aryl methyl sites for hydroxylation is 1. The number of fused-ring (bicyclic) bond motifs is 1. The van der Waals surface area contributed by atoms with Crippen molar-refractivity contribution in [2.45, 2.75) is 38.7 Å². The maximum Gasteiger partial charge on any atom is 0.334 e. The molecule has 7 heteroatoms. The molecule has 4 rings (SSSR count). The summed E-state index contributed by atoms with van der Waals surface area (Å²) < 4.78 is 7.12. The van der Waals surface area contributed by atoms with Crippen LogP contribution in [0.25, 0.3) is 5.69 Å². The van der Waals surface area contributed by atoms with Crippen LogP contribution < -0.4 is 0 Å². The topological polar surface area (TPSA) is 84.7 Å². The van der Waals surface area contributed by atoms with Crippen molar-refractivity contribution in [2.75, 3.05) is 19.7 Å². The third-order valence-electron chi connectivity index (χ3n) is 5.29. The number of rotatable bonds is 3. The van der Waals surface area contributed by atoms with Gasteiger partial charge in [0.15, 0.2) is 11.8 Å². The Labute approximate surface area is 157 Å². The molecule has 1 aliphatic heterocycles. The molecule has 1 saturated heterocycles. The van der Waals surface area contributed by atoms with Crippen molar-refractivity contribution in [2.24, 2.45) is 0 Å². The fraction of sp³-hybridized carbons (Fsp3) is 0.450. The van der Waals surface area contributed by atoms with Gasteiger partial charge >= 0.3 is 5.97 Å². The van der Waals surface area contributed by atoms with Gasteiger partial charge in [0.2, 0.25) is 0 Å². The molecule has 1 fully saturated rings. The number of amides is 1. The number of carbonyl (C=O) groups excluding carboxylic acids is 1. The van der Waals surface area contributed by atoms with Gasteiger partial charge in [0.05, 0.1) is 18.8 Å². The maximum atomic E-state index is 13.1. The van der Waals surface area contributed by atoms with E-state index in [4.69, 9.17) is 4.74 Å². The summed E-state index contributed by atoms with van der Waals surface area (Å²) in [6, 6.07) is 8.10. The van der Waals surface area contributed by atoms with Gasteiger partial charge in [-0.2, -0.15) is 5.10 Å². The summed E-state index contributed by atoms with van der Waals surface area (Å²) in [4.78, 5) is 25.9. The number of nitrogens with zero attached hydrogens (tertiary/aromatic N) is 3. The molecule has 2 heterocycles. The predicted octanol–water partition coefficient (Wildman–Crippen LogP) is 1.99. The molecule has 0 spiro atoms. The van der Waals surface area contributed by atoms with E-state index in [1.807, 2.05) is 35.9 Å². The van der Waals surface area contributed by atoms with Crippen molar-refractivity contribution < 1.29 is 19.4 Å². The molecule has 2 aromatic rings. The lowest BCUT2D eigenvalue weighted by molar-refractivity contribution is -0.154. The summed E-state index contributed by atoms with van der Waals surface area (Å²) in [7, 11) is 0. The highest BCUT2D eigenvalue weighted by molar-refractivity contribution is 5.94. The highest BCUT2D eigenvalue weighted by Crippen LogP contribution is 2.28. The van der Waals surface area contributed by atoms with Gasteiger partial charge < -0.3 is 14.7 Å². The molecular weight excluding hydrogens is 346 g/mol. The number of aromatic nitrogens is 2. The van der Waals surface area contributed by atoms with E-state index in [0.29, 0.717) is 12.2 Å². The van der Waals surface area contributed by atoms with Gasteiger partial charge in [-0.25, -0.2) is 9.48 Å². The lowest BCUT2D eigenvalue weighted by atomic mass is 9.95. The number of carboxylic acids is 1. The SMILES string of the molecule is Cc1ccc(-n2nc(C(=O)N3CCOC(C(=O)O)C3)c3c2CCCC3)cc1. The molecule has 2 aliphatic rings. The normalized spacial score (nSPS) is 19.6. The smallest absolute Gasteiger partial charge is 0.334 e. The number of carboxylic acid groups (broad SMARTS) is 1. The fourth-order valence-corrected chi connectivity index (χ4v) is 3.80. The van der Waals surface area contributed by atoms with Crippen LogP contribution >= 0.6 is 0 Å². The van der Waals surface area contributed by atoms with Gasteiger partial charge in [-0.1, -0.05) is 17.7 Å². The molecule has 1 aromatic carbocycles. The van der Waals surface area contributed by atoms with Gasteiger partial charge in [-0.15, -0.1) is 0 Å². The first-order valence-electron chi connectivity index (χ1n) is 9.36. The van der Waals surface area contributed by atoms with Crippen LogP contribution in [-0.2, 0) is 22.4 Å². The van der Waals surface area contributed by atoms with E-state index in [-0.39, 0.29) is 19.1 Å². The van der Waals surface area contributed by atoms with Gasteiger partial charge in [0, 0.05) is 17.8 Å². The number of ether oxygens (including phenoxy) is 1. The highest BCUT2D eigenvalue weighted by Gasteiger charge is 2.33. The van der Waals surface area contributed by atoms with Crippen molar-refractivity contribution in [3.05, 3.63) is 46.8 Å². The van der Waals surface area contributed by atoms with Crippen LogP contribution in [0.3, 0.4) is 0 Å². The summed E-state index contributed by atoms with van der Waals surface area (Å²) in [6.07, 6.45) is 2.86. The number of morpholine rings is 1. The summed E-state index contributed by atoms with van der Waals surface area (Å²) in [5.41, 5.74) is 4.67. The standard InChI is InChI=1S/C20H23N3O4/c1-13-6-8-14(9-7-13)23-16-5-3-2-4-15(16)18(21-23)19(24)22-10-11-27-17(12-22)20(25)26/h6-9,17H,2-5,10-12H2,1H3,(H,25,26). The Morgan fingerprint density at radius 3 is 2.67 bits per heavy atom. The molecule has 0 radical (unpaired) electrons. The molecule has 1 aromatic heterocycles. The first-order chi connectivity index (χ1) is 13.0. The van der Waals surface area contributed by atoms with Crippen molar-refractivity contribution in [1.29, 1.82) is 0 Å². The summed E-state index contributed by atoms with van der Waals surface area (Å²) >= 11 is 0. The van der Waals surface area contributed by atoms with E-state index in [2.05, 4.69) is 5.10 Å². The molecule has 1 N–H and O–H groups in total. The third kappa shape index (κ3) is 3.35. The largest absolute Gasteiger partial charge is 0.479 e. The first kappa shape index (κ1) is 17.7. The Kier molecular flexibility index (Phi) is 4.70. The zero-order valence-electron chi connectivity index (χ0n) is 15.4. The third-order valence-corrected chi connectivity index (χ3v) is 5.29. The van der Waals surface area contributed by atoms with E-state index in [0.717, 1.165) is 42.6 Å². The summed E-state index contributed by atoms with van der Waals surface area (Å²) in [6.45, 7) is 2.70. The molecule has 7 nitrogen and oxygen atoms in total. The van der Waals surface area contributed by atoms with E-state index in [9.17, 15) is 14.7 Å². The zero-order valence-corrected chi connectivity index (χ0v) is 15.4. The van der Waals surface area contributed by atoms with E-state index in [1.165, 1.54) is 5.56 Å².